The lowest BCUT2D eigenvalue weighted by molar-refractivity contribution is 0.955. The molecule has 0 aromatic heterocycles. The highest BCUT2D eigenvalue weighted by molar-refractivity contribution is 5.67. The van der Waals surface area contributed by atoms with Crippen molar-refractivity contribution in [2.75, 3.05) is 0 Å². The SMILES string of the molecule is CCC/C=C(/CC)c1ccccc1C. The second kappa shape index (κ2) is 5.64. The van der Waals surface area contributed by atoms with Gasteiger partial charge < -0.3 is 0 Å². The molecule has 0 atom stereocenters. The molecule has 0 aliphatic heterocycles. The van der Waals surface area contributed by atoms with Gasteiger partial charge in [-0.3, -0.25) is 0 Å². The summed E-state index contributed by atoms with van der Waals surface area (Å²) in [6, 6.07) is 8.63. The molecule has 0 spiro atoms. The lowest BCUT2D eigenvalue weighted by Gasteiger charge is -2.08. The fraction of sp³-hybridized carbons (Fsp3) is 0.429. The maximum atomic E-state index is 2.38. The molecular weight excluding hydrogens is 168 g/mol. The van der Waals surface area contributed by atoms with Gasteiger partial charge in [-0.1, -0.05) is 50.6 Å². The van der Waals surface area contributed by atoms with Crippen molar-refractivity contribution < 1.29 is 0 Å². The Morgan fingerprint density at radius 3 is 2.50 bits per heavy atom. The van der Waals surface area contributed by atoms with Crippen molar-refractivity contribution in [3.8, 4) is 0 Å². The molecule has 0 saturated carbocycles. The van der Waals surface area contributed by atoms with Gasteiger partial charge in [-0.2, -0.15) is 0 Å². The molecule has 0 fully saturated rings. The first kappa shape index (κ1) is 11.0. The zero-order valence-corrected chi connectivity index (χ0v) is 9.51. The van der Waals surface area contributed by atoms with Gasteiger partial charge in [-0.05, 0) is 36.5 Å². The zero-order chi connectivity index (χ0) is 10.4. The summed E-state index contributed by atoms with van der Waals surface area (Å²) in [5, 5.41) is 0. The van der Waals surface area contributed by atoms with Crippen LogP contribution in [0.25, 0.3) is 5.57 Å². The highest BCUT2D eigenvalue weighted by Gasteiger charge is 2.00. The molecule has 14 heavy (non-hydrogen) atoms. The first-order valence-corrected chi connectivity index (χ1v) is 5.54. The molecule has 0 bridgehead atoms. The summed E-state index contributed by atoms with van der Waals surface area (Å²) in [5.41, 5.74) is 4.30. The van der Waals surface area contributed by atoms with E-state index in [0.29, 0.717) is 0 Å². The Bertz CT molecular complexity index is 308. The summed E-state index contributed by atoms with van der Waals surface area (Å²) in [5.74, 6) is 0. The summed E-state index contributed by atoms with van der Waals surface area (Å²) in [6.45, 7) is 6.64. The van der Waals surface area contributed by atoms with E-state index in [-0.39, 0.29) is 0 Å². The smallest absolute Gasteiger partial charge is 0.0199 e. The van der Waals surface area contributed by atoms with Crippen LogP contribution < -0.4 is 0 Å². The summed E-state index contributed by atoms with van der Waals surface area (Å²) < 4.78 is 0. The van der Waals surface area contributed by atoms with Crippen LogP contribution in [0.1, 0.15) is 44.2 Å². The first-order valence-electron chi connectivity index (χ1n) is 5.54. The summed E-state index contributed by atoms with van der Waals surface area (Å²) in [4.78, 5) is 0. The molecule has 0 radical (unpaired) electrons. The minimum atomic E-state index is 1.13. The van der Waals surface area contributed by atoms with Gasteiger partial charge in [0.15, 0.2) is 0 Å². The van der Waals surface area contributed by atoms with E-state index in [0.717, 1.165) is 6.42 Å². The van der Waals surface area contributed by atoms with E-state index >= 15 is 0 Å². The lowest BCUT2D eigenvalue weighted by atomic mass is 9.97. The fourth-order valence-corrected chi connectivity index (χ4v) is 1.70. The van der Waals surface area contributed by atoms with Gasteiger partial charge in [-0.15, -0.1) is 0 Å². The average Bonchev–Trinajstić information content (AvgIpc) is 2.21. The molecule has 0 saturated heterocycles. The second-order valence-corrected chi connectivity index (χ2v) is 3.69. The molecule has 1 rings (SSSR count). The van der Waals surface area contributed by atoms with E-state index in [4.69, 9.17) is 0 Å². The van der Waals surface area contributed by atoms with E-state index in [2.05, 4.69) is 51.1 Å². The fourth-order valence-electron chi connectivity index (χ4n) is 1.70. The molecular formula is C14H20. The molecule has 0 aliphatic rings. The molecule has 1 aromatic carbocycles. The van der Waals surface area contributed by atoms with Gasteiger partial charge in [0.05, 0.1) is 0 Å². The van der Waals surface area contributed by atoms with Crippen LogP contribution in [0.5, 0.6) is 0 Å². The maximum Gasteiger partial charge on any atom is -0.0199 e. The molecule has 0 unspecified atom stereocenters. The lowest BCUT2D eigenvalue weighted by Crippen LogP contribution is -1.87. The normalized spacial score (nSPS) is 11.8. The maximum absolute atomic E-state index is 2.38. The van der Waals surface area contributed by atoms with Crippen LogP contribution in [0.4, 0.5) is 0 Å². The Kier molecular flexibility index (Phi) is 4.45. The van der Waals surface area contributed by atoms with Gasteiger partial charge in [0.1, 0.15) is 0 Å². The van der Waals surface area contributed by atoms with Gasteiger partial charge in [0.2, 0.25) is 0 Å². The third-order valence-corrected chi connectivity index (χ3v) is 2.55. The molecule has 1 aromatic rings. The third kappa shape index (κ3) is 2.73. The molecule has 0 aliphatic carbocycles. The standard InChI is InChI=1S/C14H20/c1-4-6-10-13(5-2)14-11-8-7-9-12(14)3/h7-11H,4-6H2,1-3H3/b13-10-. The highest BCUT2D eigenvalue weighted by atomic mass is 14.1. The largest absolute Gasteiger partial charge is 0.0807 e. The molecule has 0 N–H and O–H groups in total. The number of benzene rings is 1. The van der Waals surface area contributed by atoms with Gasteiger partial charge in [0.25, 0.3) is 0 Å². The van der Waals surface area contributed by atoms with E-state index in [1.165, 1.54) is 29.5 Å². The third-order valence-electron chi connectivity index (χ3n) is 2.55. The molecule has 0 heterocycles. The minimum Gasteiger partial charge on any atom is -0.0807 e. The van der Waals surface area contributed by atoms with Crippen LogP contribution in [-0.2, 0) is 0 Å². The number of rotatable bonds is 4. The Balaban J connectivity index is 2.95. The monoisotopic (exact) mass is 188 g/mol. The van der Waals surface area contributed by atoms with Crippen molar-refractivity contribution in [3.05, 3.63) is 41.5 Å². The number of aryl methyl sites for hydroxylation is 1. The summed E-state index contributed by atoms with van der Waals surface area (Å²) in [7, 11) is 0. The van der Waals surface area contributed by atoms with Crippen LogP contribution in [0, 0.1) is 6.92 Å². The van der Waals surface area contributed by atoms with Crippen molar-refractivity contribution in [2.45, 2.75) is 40.0 Å². The summed E-state index contributed by atoms with van der Waals surface area (Å²) >= 11 is 0. The van der Waals surface area contributed by atoms with Gasteiger partial charge >= 0.3 is 0 Å². The van der Waals surface area contributed by atoms with Crippen LogP contribution in [-0.4, -0.2) is 0 Å². The van der Waals surface area contributed by atoms with Crippen molar-refractivity contribution in [3.63, 3.8) is 0 Å². The Morgan fingerprint density at radius 2 is 1.93 bits per heavy atom. The zero-order valence-electron chi connectivity index (χ0n) is 9.51. The van der Waals surface area contributed by atoms with E-state index in [9.17, 15) is 0 Å². The van der Waals surface area contributed by atoms with Crippen LogP contribution in [0.3, 0.4) is 0 Å². The van der Waals surface area contributed by atoms with Crippen LogP contribution in [0.2, 0.25) is 0 Å². The van der Waals surface area contributed by atoms with E-state index in [1.807, 2.05) is 0 Å². The van der Waals surface area contributed by atoms with E-state index in [1.54, 1.807) is 0 Å². The summed E-state index contributed by atoms with van der Waals surface area (Å²) in [6.07, 6.45) is 5.93. The van der Waals surface area contributed by atoms with Crippen LogP contribution in [0.15, 0.2) is 30.3 Å². The predicted octanol–water partition coefficient (Wildman–Crippen LogP) is 4.59. The van der Waals surface area contributed by atoms with E-state index < -0.39 is 0 Å². The number of hydrogen-bond acceptors (Lipinski definition) is 0. The molecule has 0 heteroatoms. The minimum absolute atomic E-state index is 1.13. The van der Waals surface area contributed by atoms with Crippen molar-refractivity contribution in [1.29, 1.82) is 0 Å². The predicted molar refractivity (Wildman–Crippen MR) is 64.4 cm³/mol. The van der Waals surface area contributed by atoms with Gasteiger partial charge in [0, 0.05) is 0 Å². The Labute approximate surface area is 87.7 Å². The van der Waals surface area contributed by atoms with Crippen molar-refractivity contribution in [2.24, 2.45) is 0 Å². The molecule has 0 nitrogen and oxygen atoms in total. The molecule has 0 amide bonds. The second-order valence-electron chi connectivity index (χ2n) is 3.69. The topological polar surface area (TPSA) is 0 Å². The Hall–Kier alpha value is -1.04. The average molecular weight is 188 g/mol. The van der Waals surface area contributed by atoms with Crippen molar-refractivity contribution >= 4 is 5.57 Å². The number of allylic oxidation sites excluding steroid dienone is 2. The first-order chi connectivity index (χ1) is 6.79. The van der Waals surface area contributed by atoms with Crippen molar-refractivity contribution in [1.82, 2.24) is 0 Å². The molecule has 76 valence electrons. The van der Waals surface area contributed by atoms with Crippen LogP contribution >= 0.6 is 0 Å². The quantitative estimate of drug-likeness (QED) is 0.648. The number of unbranched alkanes of at least 4 members (excludes halogenated alkanes) is 1. The highest BCUT2D eigenvalue weighted by Crippen LogP contribution is 2.22. The Morgan fingerprint density at radius 1 is 1.21 bits per heavy atom. The number of hydrogen-bond donors (Lipinski definition) is 0. The van der Waals surface area contributed by atoms with Gasteiger partial charge in [-0.25, -0.2) is 0 Å².